The lowest BCUT2D eigenvalue weighted by Gasteiger charge is -2.20. The third-order valence-corrected chi connectivity index (χ3v) is 12.2. The predicted molar refractivity (Wildman–Crippen MR) is 304 cm³/mol. The second kappa shape index (κ2) is 38.2. The Bertz CT molecular complexity index is 2560. The van der Waals surface area contributed by atoms with Gasteiger partial charge in [0.25, 0.3) is 17.7 Å². The van der Waals surface area contributed by atoms with Crippen LogP contribution in [0.4, 0.5) is 13.6 Å². The first-order valence-electron chi connectivity index (χ1n) is 26.8. The Balaban J connectivity index is 0.00000133. The minimum Gasteiger partial charge on any atom is -0.477 e. The van der Waals surface area contributed by atoms with Crippen molar-refractivity contribution in [2.24, 2.45) is 5.73 Å². The van der Waals surface area contributed by atoms with Crippen molar-refractivity contribution in [3.05, 3.63) is 107 Å². The number of Topliss-reactive ketones (excluding diaryl/α,β-unsaturated/α-hetero) is 1. The fourth-order valence-electron chi connectivity index (χ4n) is 6.10. The summed E-state index contributed by atoms with van der Waals surface area (Å²) in [6, 6.07) is 3.66. The molecule has 2 aromatic heterocycles. The number of aromatic nitrogens is 2. The number of nitrogens with zero attached hydrogens (tertiary/aromatic N) is 2. The van der Waals surface area contributed by atoms with Gasteiger partial charge in [0.05, 0.1) is 31.0 Å². The molecule has 0 aliphatic heterocycles. The Morgan fingerprint density at radius 1 is 0.753 bits per heavy atom. The van der Waals surface area contributed by atoms with Crippen LogP contribution in [0.1, 0.15) is 153 Å². The van der Waals surface area contributed by atoms with E-state index in [4.69, 9.17) is 29.8 Å². The lowest BCUT2D eigenvalue weighted by molar-refractivity contribution is -0.154. The van der Waals surface area contributed by atoms with Gasteiger partial charge in [0.15, 0.2) is 0 Å². The third-order valence-electron chi connectivity index (χ3n) is 10.5. The minimum absolute atomic E-state index is 0.00641. The Kier molecular flexibility index (Phi) is 34.7. The molecule has 2 heterocycles. The number of ketones is 1. The molecular weight excluding hydrogens is 1070 g/mol. The lowest BCUT2D eigenvalue weighted by Crippen LogP contribution is -2.45. The number of hydrogen-bond acceptors (Lipinski definition) is 16. The van der Waals surface area contributed by atoms with Crippen molar-refractivity contribution in [2.45, 2.75) is 190 Å². The maximum Gasteiger partial charge on any atom is 0.407 e. The van der Waals surface area contributed by atoms with Crippen LogP contribution in [0.3, 0.4) is 0 Å². The van der Waals surface area contributed by atoms with Gasteiger partial charge in [-0.2, -0.15) is 0 Å². The normalized spacial score (nSPS) is 13.1. The molecule has 0 aromatic carbocycles. The Hall–Kier alpha value is -7.47. The van der Waals surface area contributed by atoms with Crippen LogP contribution in [0, 0.1) is 11.6 Å². The van der Waals surface area contributed by atoms with E-state index in [1.807, 2.05) is 19.1 Å². The first kappa shape index (κ1) is 73.5. The van der Waals surface area contributed by atoms with Crippen LogP contribution < -0.4 is 27.0 Å². The van der Waals surface area contributed by atoms with Crippen LogP contribution in [0.15, 0.2) is 72.1 Å². The Morgan fingerprint density at radius 2 is 1.25 bits per heavy atom. The molecule has 4 amide bonds. The fraction of sp³-hybridized carbons (Fsp3) is 0.526. The summed E-state index contributed by atoms with van der Waals surface area (Å²) in [5.41, 5.74) is 4.04. The predicted octanol–water partition coefficient (Wildman–Crippen LogP) is 8.40. The van der Waals surface area contributed by atoms with Crippen molar-refractivity contribution in [3.63, 3.8) is 0 Å². The molecular formula is C57H85F2N7O14Si. The number of esters is 3. The first-order chi connectivity index (χ1) is 37.8. The van der Waals surface area contributed by atoms with E-state index >= 15 is 0 Å². The Labute approximate surface area is 475 Å². The van der Waals surface area contributed by atoms with Crippen LogP contribution >= 0.6 is 0 Å². The van der Waals surface area contributed by atoms with Crippen LogP contribution in [0.2, 0.25) is 25.7 Å². The van der Waals surface area contributed by atoms with Crippen LogP contribution in [-0.4, -0.2) is 113 Å². The maximum absolute atomic E-state index is 14.3. The van der Waals surface area contributed by atoms with E-state index in [1.54, 1.807) is 53.7 Å². The van der Waals surface area contributed by atoms with E-state index in [9.17, 15) is 51.9 Å². The molecule has 0 fully saturated rings. The van der Waals surface area contributed by atoms with Gasteiger partial charge in [-0.15, -0.1) is 0 Å². The average molecular weight is 1160 g/mol. The molecule has 7 N–H and O–H groups in total. The number of carboxylic acid groups (broad SMARTS) is 1. The fourth-order valence-corrected chi connectivity index (χ4v) is 6.82. The maximum atomic E-state index is 14.3. The molecule has 450 valence electrons. The number of ether oxygens (including phenoxy) is 4. The van der Waals surface area contributed by atoms with E-state index in [-0.39, 0.29) is 71.7 Å². The number of aliphatic carboxylic acids is 1. The van der Waals surface area contributed by atoms with Crippen LogP contribution in [-0.2, 0) is 60.7 Å². The van der Waals surface area contributed by atoms with Crippen LogP contribution in [0.25, 0.3) is 0 Å². The summed E-state index contributed by atoms with van der Waals surface area (Å²) >= 11 is 0. The zero-order valence-electron chi connectivity index (χ0n) is 49.3. The zero-order chi connectivity index (χ0) is 62.0. The number of nitrogens with two attached hydrogens (primary N) is 1. The molecule has 81 heavy (non-hydrogen) atoms. The van der Waals surface area contributed by atoms with Crippen molar-refractivity contribution in [1.29, 1.82) is 0 Å². The van der Waals surface area contributed by atoms with E-state index in [2.05, 4.69) is 57.8 Å². The van der Waals surface area contributed by atoms with Gasteiger partial charge >= 0.3 is 30.0 Å². The van der Waals surface area contributed by atoms with Gasteiger partial charge in [-0.25, -0.2) is 33.1 Å². The molecule has 0 saturated heterocycles. The number of nitrogens with one attached hydrogen (secondary N) is 4. The molecule has 21 nitrogen and oxygen atoms in total. The first-order valence-corrected chi connectivity index (χ1v) is 30.5. The van der Waals surface area contributed by atoms with Gasteiger partial charge in [0, 0.05) is 14.5 Å². The summed E-state index contributed by atoms with van der Waals surface area (Å²) < 4.78 is 48.5. The van der Waals surface area contributed by atoms with Crippen molar-refractivity contribution in [1.82, 2.24) is 31.2 Å². The van der Waals surface area contributed by atoms with E-state index in [0.717, 1.165) is 49.9 Å². The molecule has 2 rings (SSSR count). The number of hydrogen-bond donors (Lipinski definition) is 6. The summed E-state index contributed by atoms with van der Waals surface area (Å²) in [5.74, 6) is -6.48. The number of allylic oxidation sites excluding steroid dienone is 4. The van der Waals surface area contributed by atoms with Gasteiger partial charge in [0.2, 0.25) is 0 Å². The standard InChI is InChI=1S/C29H41FN4O7.C16H31NO4Si.C12H13FN2O3/c1-8-11-12-13-19(16-18(4)35)40-27(38)22(10-3)34-25(36)21(9-2)33-26(37)23-15-14-20(30)24(32-23)17-31-28(39)41-29(5,6)7;1-6-7-8-9-14(21-16(19)13(2)17)12-15(18)20-10-11-22(3,4)5;1-3-8-7(13)5-6-10(14-8)11(16)15-9(4-2)12(17)18/h9,12-15,19,22H,8,10-11,16-17H2,1-7H3,(H,31,39)(H,33,37)(H,34,36);8-9,13-14H,6-7,10-12,17H2,1-5H3;4-6H,3H2,1-2H3,(H,15,16)(H,17,18)/b13-12+,21-9-;9-8+;9-4+/t19-,22+;13-,14+;/m10./s1. The van der Waals surface area contributed by atoms with Gasteiger partial charge in [-0.3, -0.25) is 28.8 Å². The summed E-state index contributed by atoms with van der Waals surface area (Å²) in [7, 11) is -1.22. The van der Waals surface area contributed by atoms with E-state index in [1.165, 1.54) is 39.0 Å². The van der Waals surface area contributed by atoms with Gasteiger partial charge in [0.1, 0.15) is 70.1 Å². The topological polar surface area (TPSA) is 311 Å². The summed E-state index contributed by atoms with van der Waals surface area (Å²) in [6.45, 7) is 25.2. The molecule has 0 aliphatic carbocycles. The second-order valence-electron chi connectivity index (χ2n) is 20.3. The quantitative estimate of drug-likeness (QED) is 0.0153. The Morgan fingerprint density at radius 3 is 1.69 bits per heavy atom. The number of alkyl carbamates (subject to hydrolysis) is 1. The number of carbonyl (C=O) groups excluding carboxylic acids is 8. The molecule has 24 heteroatoms. The summed E-state index contributed by atoms with van der Waals surface area (Å²) in [4.78, 5) is 116. The van der Waals surface area contributed by atoms with Crippen molar-refractivity contribution < 1.29 is 76.0 Å². The molecule has 0 bridgehead atoms. The number of aryl methyl sites for hydroxylation is 1. The second-order valence-corrected chi connectivity index (χ2v) is 25.9. The van der Waals surface area contributed by atoms with Crippen molar-refractivity contribution >= 4 is 61.5 Å². The number of amides is 4. The highest BCUT2D eigenvalue weighted by Crippen LogP contribution is 2.14. The average Bonchev–Trinajstić information content (AvgIpc) is 3.41. The molecule has 2 aromatic rings. The van der Waals surface area contributed by atoms with Crippen molar-refractivity contribution in [2.75, 3.05) is 6.61 Å². The highest BCUT2D eigenvalue weighted by molar-refractivity contribution is 6.76. The SMILES string of the molecule is C/C=C(/NC(=O)c1ccc(F)c(CC)n1)C(=O)O.C/C=C(\NC(=O)c1ccc(F)c(CNC(=O)OC(C)(C)C)n1)C(=O)N[C@@H](CC)C(=O)O[C@H](/C=C/CCC)CC(C)=O.CCC/C=C/[C@H](CC(=O)OCC[Si](C)(C)C)OC(=O)[C@H](C)N. The van der Waals surface area contributed by atoms with E-state index in [0.29, 0.717) is 13.0 Å². The number of carboxylic acids is 1. The highest BCUT2D eigenvalue weighted by Gasteiger charge is 2.27. The number of pyridine rings is 2. The largest absolute Gasteiger partial charge is 0.477 e. The highest BCUT2D eigenvalue weighted by atomic mass is 28.3. The molecule has 0 saturated carbocycles. The number of unbranched alkanes of at least 4 members (excludes halogenated alkanes) is 2. The lowest BCUT2D eigenvalue weighted by atomic mass is 10.1. The summed E-state index contributed by atoms with van der Waals surface area (Å²) in [5, 5.41) is 18.2. The monoisotopic (exact) mass is 1160 g/mol. The molecule has 0 unspecified atom stereocenters. The molecule has 0 aliphatic rings. The summed E-state index contributed by atoms with van der Waals surface area (Å²) in [6.07, 6.45) is 11.7. The van der Waals surface area contributed by atoms with Crippen LogP contribution in [0.5, 0.6) is 0 Å². The number of halogens is 2. The van der Waals surface area contributed by atoms with Gasteiger partial charge in [-0.05, 0) is 117 Å². The molecule has 0 radical (unpaired) electrons. The van der Waals surface area contributed by atoms with Gasteiger partial charge < -0.3 is 51.1 Å². The van der Waals surface area contributed by atoms with Gasteiger partial charge in [-0.1, -0.05) is 84.5 Å². The number of rotatable bonds is 28. The van der Waals surface area contributed by atoms with Crippen molar-refractivity contribution in [3.8, 4) is 0 Å². The zero-order valence-corrected chi connectivity index (χ0v) is 50.3. The smallest absolute Gasteiger partial charge is 0.407 e. The van der Waals surface area contributed by atoms with E-state index < -0.39 is 91.3 Å². The third kappa shape index (κ3) is 32.4. The minimum atomic E-state index is -1.25. The molecule has 4 atom stereocenters. The number of carbonyl (C=O) groups is 9. The molecule has 0 spiro atoms.